The van der Waals surface area contributed by atoms with Crippen LogP contribution in [0.5, 0.6) is 5.75 Å². The van der Waals surface area contributed by atoms with Crippen molar-refractivity contribution in [3.63, 3.8) is 0 Å². The van der Waals surface area contributed by atoms with Crippen molar-refractivity contribution in [2.45, 2.75) is 39.8 Å². The molecule has 1 heterocycles. The monoisotopic (exact) mass is 494 g/mol. The predicted octanol–water partition coefficient (Wildman–Crippen LogP) is 4.44. The Morgan fingerprint density at radius 1 is 0.765 bits per heavy atom. The van der Waals surface area contributed by atoms with Gasteiger partial charge in [0.1, 0.15) is 5.75 Å². The Kier molecular flexibility index (Phi) is 8.36. The van der Waals surface area contributed by atoms with Crippen LogP contribution in [0.25, 0.3) is 0 Å². The molecule has 34 heavy (non-hydrogen) atoms. The Labute approximate surface area is 205 Å². The van der Waals surface area contributed by atoms with Crippen LogP contribution >= 0.6 is 0 Å². The fourth-order valence-corrected chi connectivity index (χ4v) is 10.1. The van der Waals surface area contributed by atoms with Crippen molar-refractivity contribution in [1.29, 1.82) is 0 Å². The molecule has 0 amide bonds. The molecule has 180 valence electrons. The van der Waals surface area contributed by atoms with Crippen molar-refractivity contribution in [3.8, 4) is 5.75 Å². The van der Waals surface area contributed by atoms with Crippen molar-refractivity contribution in [1.82, 2.24) is 0 Å². The highest BCUT2D eigenvalue weighted by Gasteiger charge is 2.47. The Morgan fingerprint density at radius 2 is 1.32 bits per heavy atom. The molecule has 3 aromatic rings. The third-order valence-electron chi connectivity index (χ3n) is 5.93. The zero-order valence-corrected chi connectivity index (χ0v) is 22.3. The van der Waals surface area contributed by atoms with Gasteiger partial charge in [-0.2, -0.15) is 0 Å². The number of benzene rings is 3. The molecular formula is C27H34O5Si2. The summed E-state index contributed by atoms with van der Waals surface area (Å²) in [6, 6.07) is 27.8. The summed E-state index contributed by atoms with van der Waals surface area (Å²) >= 11 is 0. The lowest BCUT2D eigenvalue weighted by Gasteiger charge is -2.36. The van der Waals surface area contributed by atoms with Gasteiger partial charge in [-0.1, -0.05) is 66.7 Å². The minimum atomic E-state index is -2.84. The normalized spacial score (nSPS) is 14.9. The molecule has 0 aromatic heterocycles. The molecular weight excluding hydrogens is 460 g/mol. The third-order valence-corrected chi connectivity index (χ3v) is 12.2. The first-order valence-electron chi connectivity index (χ1n) is 12.1. The van der Waals surface area contributed by atoms with Gasteiger partial charge in [0, 0.05) is 41.8 Å². The number of hydrogen-bond acceptors (Lipinski definition) is 5. The quantitative estimate of drug-likeness (QED) is 0.369. The SMILES string of the molecule is CCO[Si](CCc1ccc2c(c1)CO[Si](c1ccccc1)(c1ccccc1)O2)(OCC)OCC. The van der Waals surface area contributed by atoms with Gasteiger partial charge in [0.25, 0.3) is 0 Å². The highest BCUT2D eigenvalue weighted by Crippen LogP contribution is 2.31. The fraction of sp³-hybridized carbons (Fsp3) is 0.333. The van der Waals surface area contributed by atoms with Crippen molar-refractivity contribution < 1.29 is 22.1 Å². The topological polar surface area (TPSA) is 46.2 Å². The fourth-order valence-electron chi connectivity index (χ4n) is 4.43. The molecule has 0 N–H and O–H groups in total. The van der Waals surface area contributed by atoms with Gasteiger partial charge in [0.2, 0.25) is 0 Å². The maximum Gasteiger partial charge on any atom is 0.501 e. The van der Waals surface area contributed by atoms with E-state index >= 15 is 0 Å². The summed E-state index contributed by atoms with van der Waals surface area (Å²) in [5, 5.41) is 2.22. The number of hydrogen-bond donors (Lipinski definition) is 0. The summed E-state index contributed by atoms with van der Waals surface area (Å²) in [5.41, 5.74) is 2.28. The zero-order chi connectivity index (χ0) is 23.9. The lowest BCUT2D eigenvalue weighted by molar-refractivity contribution is 0.0714. The first kappa shape index (κ1) is 24.8. The van der Waals surface area contributed by atoms with E-state index in [0.29, 0.717) is 26.4 Å². The molecule has 1 aliphatic rings. The lowest BCUT2D eigenvalue weighted by Crippen LogP contribution is -2.66. The average Bonchev–Trinajstić information content (AvgIpc) is 2.88. The second kappa shape index (κ2) is 11.4. The molecule has 1 aliphatic heterocycles. The highest BCUT2D eigenvalue weighted by atomic mass is 28.4. The van der Waals surface area contributed by atoms with E-state index < -0.39 is 17.4 Å². The molecule has 0 aliphatic carbocycles. The van der Waals surface area contributed by atoms with E-state index in [4.69, 9.17) is 22.1 Å². The van der Waals surface area contributed by atoms with Gasteiger partial charge in [0.05, 0.1) is 6.61 Å². The zero-order valence-electron chi connectivity index (χ0n) is 20.3. The van der Waals surface area contributed by atoms with Gasteiger partial charge in [-0.25, -0.2) is 0 Å². The Balaban J connectivity index is 1.58. The van der Waals surface area contributed by atoms with E-state index in [9.17, 15) is 0 Å². The van der Waals surface area contributed by atoms with Crippen LogP contribution in [-0.4, -0.2) is 37.2 Å². The molecule has 0 atom stereocenters. The molecule has 0 bridgehead atoms. The summed E-state index contributed by atoms with van der Waals surface area (Å²) in [7, 11) is -5.52. The molecule has 0 unspecified atom stereocenters. The van der Waals surface area contributed by atoms with Crippen LogP contribution in [-0.2, 0) is 30.7 Å². The standard InChI is InChI=1S/C27H34O5Si2/c1-4-28-33(29-5-2,30-6-3)20-19-23-17-18-27-24(21-23)22-31-34(32-27,25-13-9-7-10-14-25)26-15-11-8-12-16-26/h7-18,21H,4-6,19-20,22H2,1-3H3. The molecule has 4 rings (SSSR count). The van der Waals surface area contributed by atoms with Gasteiger partial charge < -0.3 is 22.1 Å². The smallest absolute Gasteiger partial charge is 0.501 e. The molecule has 0 saturated carbocycles. The van der Waals surface area contributed by atoms with Gasteiger partial charge in [0.15, 0.2) is 0 Å². The van der Waals surface area contributed by atoms with Crippen LogP contribution in [0, 0.1) is 0 Å². The van der Waals surface area contributed by atoms with E-state index in [1.807, 2.05) is 57.2 Å². The van der Waals surface area contributed by atoms with Crippen LogP contribution in [0.2, 0.25) is 6.04 Å². The molecule has 0 saturated heterocycles. The van der Waals surface area contributed by atoms with Gasteiger partial charge in [-0.3, -0.25) is 0 Å². The van der Waals surface area contributed by atoms with Crippen molar-refractivity contribution in [2.24, 2.45) is 0 Å². The minimum Gasteiger partial charge on any atom is -0.514 e. The maximum absolute atomic E-state index is 6.76. The van der Waals surface area contributed by atoms with Crippen LogP contribution in [0.1, 0.15) is 31.9 Å². The number of rotatable bonds is 11. The Hall–Kier alpha value is -2.27. The van der Waals surface area contributed by atoms with E-state index in [0.717, 1.165) is 34.2 Å². The summed E-state index contributed by atoms with van der Waals surface area (Å²) in [6.07, 6.45) is 0.819. The van der Waals surface area contributed by atoms with E-state index in [1.54, 1.807) is 0 Å². The second-order valence-electron chi connectivity index (χ2n) is 8.16. The number of fused-ring (bicyclic) bond motifs is 1. The van der Waals surface area contributed by atoms with E-state index in [2.05, 4.69) is 42.5 Å². The van der Waals surface area contributed by atoms with Gasteiger partial charge in [-0.15, -0.1) is 0 Å². The predicted molar refractivity (Wildman–Crippen MR) is 139 cm³/mol. The molecule has 3 aromatic carbocycles. The Morgan fingerprint density at radius 3 is 1.85 bits per heavy atom. The first-order chi connectivity index (χ1) is 16.6. The van der Waals surface area contributed by atoms with E-state index in [-0.39, 0.29) is 0 Å². The molecule has 0 spiro atoms. The molecule has 7 heteroatoms. The van der Waals surface area contributed by atoms with Crippen molar-refractivity contribution in [3.05, 3.63) is 90.0 Å². The lowest BCUT2D eigenvalue weighted by atomic mass is 10.1. The molecule has 0 fully saturated rings. The molecule has 0 radical (unpaired) electrons. The van der Waals surface area contributed by atoms with Crippen LogP contribution in [0.15, 0.2) is 78.9 Å². The average molecular weight is 495 g/mol. The highest BCUT2D eigenvalue weighted by molar-refractivity contribution is 6.93. The van der Waals surface area contributed by atoms with Crippen LogP contribution in [0.4, 0.5) is 0 Å². The van der Waals surface area contributed by atoms with Crippen molar-refractivity contribution >= 4 is 27.7 Å². The molecule has 5 nitrogen and oxygen atoms in total. The van der Waals surface area contributed by atoms with Crippen LogP contribution < -0.4 is 14.8 Å². The Bertz CT molecular complexity index is 989. The maximum atomic E-state index is 6.76. The van der Waals surface area contributed by atoms with E-state index in [1.165, 1.54) is 5.56 Å². The minimum absolute atomic E-state index is 0.518. The third kappa shape index (κ3) is 5.35. The summed E-state index contributed by atoms with van der Waals surface area (Å²) in [4.78, 5) is 0. The van der Waals surface area contributed by atoms with Crippen LogP contribution in [0.3, 0.4) is 0 Å². The second-order valence-corrected chi connectivity index (χ2v) is 13.8. The van der Waals surface area contributed by atoms with Gasteiger partial charge >= 0.3 is 17.4 Å². The summed E-state index contributed by atoms with van der Waals surface area (Å²) in [6.45, 7) is 8.25. The van der Waals surface area contributed by atoms with Crippen molar-refractivity contribution in [2.75, 3.05) is 19.8 Å². The first-order valence-corrected chi connectivity index (χ1v) is 15.9. The summed E-state index contributed by atoms with van der Waals surface area (Å²) < 4.78 is 31.5. The summed E-state index contributed by atoms with van der Waals surface area (Å²) in [5.74, 6) is 0.900. The number of aryl methyl sites for hydroxylation is 1. The largest absolute Gasteiger partial charge is 0.514 e. The van der Waals surface area contributed by atoms with Gasteiger partial charge in [-0.05, 0) is 44.9 Å².